The molecule has 3 nitrogen and oxygen atoms in total. The highest BCUT2D eigenvalue weighted by molar-refractivity contribution is 5.45. The average Bonchev–Trinajstić information content (AvgIpc) is 2.26. The fourth-order valence-electron chi connectivity index (χ4n) is 1.58. The number of aliphatic hydroxyl groups excluding tert-OH is 1. The van der Waals surface area contributed by atoms with Crippen LogP contribution in [0.25, 0.3) is 0 Å². The molecule has 4 heteroatoms. The first kappa shape index (κ1) is 12.8. The van der Waals surface area contributed by atoms with Crippen LogP contribution in [0.4, 0.5) is 4.39 Å². The Bertz CT molecular complexity index is 350. The molecule has 90 valence electrons. The minimum atomic E-state index is -0.433. The molecule has 0 aliphatic carbocycles. The van der Waals surface area contributed by atoms with Crippen LogP contribution in [0.2, 0.25) is 0 Å². The third-order valence-electron chi connectivity index (χ3n) is 2.41. The van der Waals surface area contributed by atoms with Crippen LogP contribution in [0.5, 0.6) is 11.5 Å². The molecule has 0 fully saturated rings. The molecule has 16 heavy (non-hydrogen) atoms. The SMILES string of the molecule is COc1ccc(F)c(OC)c1CC[C@H](C)O. The fraction of sp³-hybridized carbons (Fsp3) is 0.500. The van der Waals surface area contributed by atoms with E-state index in [9.17, 15) is 9.50 Å². The van der Waals surface area contributed by atoms with Crippen molar-refractivity contribution < 1.29 is 19.0 Å². The van der Waals surface area contributed by atoms with E-state index >= 15 is 0 Å². The van der Waals surface area contributed by atoms with E-state index in [1.165, 1.54) is 20.3 Å². The van der Waals surface area contributed by atoms with Crippen LogP contribution in [0.1, 0.15) is 18.9 Å². The second-order valence-corrected chi connectivity index (χ2v) is 3.65. The van der Waals surface area contributed by atoms with Crippen LogP contribution < -0.4 is 9.47 Å². The van der Waals surface area contributed by atoms with Gasteiger partial charge in [0.25, 0.3) is 0 Å². The Kier molecular flexibility index (Phi) is 4.55. The minimum Gasteiger partial charge on any atom is -0.496 e. The second-order valence-electron chi connectivity index (χ2n) is 3.65. The number of hydrogen-bond donors (Lipinski definition) is 1. The van der Waals surface area contributed by atoms with Crippen LogP contribution in [-0.2, 0) is 6.42 Å². The molecule has 1 atom stereocenters. The standard InChI is InChI=1S/C12H17FO3/c1-8(14)4-5-9-11(15-2)7-6-10(13)12(9)16-3/h6-8,14H,4-5H2,1-3H3/t8-/m0/s1. The van der Waals surface area contributed by atoms with Gasteiger partial charge >= 0.3 is 0 Å². The number of hydrogen-bond acceptors (Lipinski definition) is 3. The van der Waals surface area contributed by atoms with Crippen LogP contribution in [0.15, 0.2) is 12.1 Å². The van der Waals surface area contributed by atoms with Gasteiger partial charge in [0.2, 0.25) is 0 Å². The van der Waals surface area contributed by atoms with E-state index in [1.54, 1.807) is 13.0 Å². The molecule has 1 N–H and O–H groups in total. The van der Waals surface area contributed by atoms with Gasteiger partial charge in [0.15, 0.2) is 11.6 Å². The molecule has 0 saturated carbocycles. The Morgan fingerprint density at radius 1 is 1.31 bits per heavy atom. The summed E-state index contributed by atoms with van der Waals surface area (Å²) in [5, 5.41) is 9.23. The molecular formula is C12H17FO3. The summed E-state index contributed by atoms with van der Waals surface area (Å²) in [6.45, 7) is 1.69. The Morgan fingerprint density at radius 2 is 2.00 bits per heavy atom. The summed E-state index contributed by atoms with van der Waals surface area (Å²) < 4.78 is 23.6. The maximum absolute atomic E-state index is 13.4. The number of ether oxygens (including phenoxy) is 2. The van der Waals surface area contributed by atoms with Gasteiger partial charge in [-0.25, -0.2) is 4.39 Å². The lowest BCUT2D eigenvalue weighted by molar-refractivity contribution is 0.184. The first-order valence-corrected chi connectivity index (χ1v) is 5.17. The van der Waals surface area contributed by atoms with Crippen molar-refractivity contribution in [3.05, 3.63) is 23.5 Å². The van der Waals surface area contributed by atoms with Gasteiger partial charge in [0.1, 0.15) is 5.75 Å². The molecule has 1 aromatic rings. The minimum absolute atomic E-state index is 0.194. The van der Waals surface area contributed by atoms with Crippen molar-refractivity contribution in [3.8, 4) is 11.5 Å². The number of aliphatic hydroxyl groups is 1. The summed E-state index contributed by atoms with van der Waals surface area (Å²) in [7, 11) is 2.95. The topological polar surface area (TPSA) is 38.7 Å². The number of benzene rings is 1. The number of rotatable bonds is 5. The zero-order valence-electron chi connectivity index (χ0n) is 9.79. The average molecular weight is 228 g/mol. The quantitative estimate of drug-likeness (QED) is 0.839. The summed E-state index contributed by atoms with van der Waals surface area (Å²) in [6, 6.07) is 2.87. The monoisotopic (exact) mass is 228 g/mol. The van der Waals surface area contributed by atoms with E-state index in [0.717, 1.165) is 0 Å². The van der Waals surface area contributed by atoms with E-state index in [-0.39, 0.29) is 5.75 Å². The van der Waals surface area contributed by atoms with E-state index in [0.29, 0.717) is 24.2 Å². The highest BCUT2D eigenvalue weighted by atomic mass is 19.1. The first-order valence-electron chi connectivity index (χ1n) is 5.17. The van der Waals surface area contributed by atoms with Gasteiger partial charge < -0.3 is 14.6 Å². The van der Waals surface area contributed by atoms with Gasteiger partial charge in [-0.2, -0.15) is 0 Å². The molecule has 0 bridgehead atoms. The van der Waals surface area contributed by atoms with E-state index in [2.05, 4.69) is 0 Å². The first-order chi connectivity index (χ1) is 7.60. The predicted molar refractivity (Wildman–Crippen MR) is 59.5 cm³/mol. The number of methoxy groups -OCH3 is 2. The maximum atomic E-state index is 13.4. The zero-order chi connectivity index (χ0) is 12.1. The van der Waals surface area contributed by atoms with E-state index in [4.69, 9.17) is 9.47 Å². The Morgan fingerprint density at radius 3 is 2.50 bits per heavy atom. The highest BCUT2D eigenvalue weighted by Crippen LogP contribution is 2.32. The lowest BCUT2D eigenvalue weighted by Crippen LogP contribution is -2.05. The summed E-state index contributed by atoms with van der Waals surface area (Å²) >= 11 is 0. The Labute approximate surface area is 94.8 Å². The molecule has 0 spiro atoms. The molecule has 1 aromatic carbocycles. The van der Waals surface area contributed by atoms with Crippen LogP contribution in [0.3, 0.4) is 0 Å². The fourth-order valence-corrected chi connectivity index (χ4v) is 1.58. The molecule has 0 heterocycles. The van der Waals surface area contributed by atoms with Crippen molar-refractivity contribution >= 4 is 0 Å². The third-order valence-corrected chi connectivity index (χ3v) is 2.41. The Balaban J connectivity index is 3.04. The van der Waals surface area contributed by atoms with Gasteiger partial charge in [-0.1, -0.05) is 0 Å². The summed E-state index contributed by atoms with van der Waals surface area (Å²) in [4.78, 5) is 0. The van der Waals surface area contributed by atoms with Gasteiger partial charge in [-0.05, 0) is 31.9 Å². The predicted octanol–water partition coefficient (Wildman–Crippen LogP) is 2.16. The maximum Gasteiger partial charge on any atom is 0.165 e. The summed E-state index contributed by atoms with van der Waals surface area (Å²) in [6.07, 6.45) is 0.621. The molecule has 0 aliphatic heterocycles. The van der Waals surface area contributed by atoms with E-state index in [1.807, 2.05) is 0 Å². The smallest absolute Gasteiger partial charge is 0.165 e. The van der Waals surface area contributed by atoms with Gasteiger partial charge in [0.05, 0.1) is 20.3 Å². The van der Waals surface area contributed by atoms with Crippen molar-refractivity contribution in [2.45, 2.75) is 25.9 Å². The normalized spacial score (nSPS) is 12.3. The molecule has 0 radical (unpaired) electrons. The third kappa shape index (κ3) is 2.85. The van der Waals surface area contributed by atoms with Crippen molar-refractivity contribution in [3.63, 3.8) is 0 Å². The largest absolute Gasteiger partial charge is 0.496 e. The lowest BCUT2D eigenvalue weighted by atomic mass is 10.0. The van der Waals surface area contributed by atoms with Crippen LogP contribution in [0, 0.1) is 5.82 Å². The Hall–Kier alpha value is -1.29. The van der Waals surface area contributed by atoms with Crippen LogP contribution >= 0.6 is 0 Å². The molecule has 0 aliphatic rings. The van der Waals surface area contributed by atoms with Gasteiger partial charge in [-0.3, -0.25) is 0 Å². The van der Waals surface area contributed by atoms with Gasteiger partial charge in [-0.15, -0.1) is 0 Å². The van der Waals surface area contributed by atoms with Crippen molar-refractivity contribution in [2.75, 3.05) is 14.2 Å². The molecule has 0 amide bonds. The molecular weight excluding hydrogens is 211 g/mol. The number of halogens is 1. The molecule has 1 rings (SSSR count). The van der Waals surface area contributed by atoms with Crippen molar-refractivity contribution in [2.24, 2.45) is 0 Å². The molecule has 0 aromatic heterocycles. The van der Waals surface area contributed by atoms with Crippen molar-refractivity contribution in [1.29, 1.82) is 0 Å². The van der Waals surface area contributed by atoms with Crippen molar-refractivity contribution in [1.82, 2.24) is 0 Å². The van der Waals surface area contributed by atoms with Gasteiger partial charge in [0, 0.05) is 5.56 Å². The zero-order valence-corrected chi connectivity index (χ0v) is 9.79. The summed E-state index contributed by atoms with van der Waals surface area (Å²) in [5.41, 5.74) is 0.658. The molecule has 0 saturated heterocycles. The molecule has 0 unspecified atom stereocenters. The van der Waals surface area contributed by atoms with Crippen LogP contribution in [-0.4, -0.2) is 25.4 Å². The van der Waals surface area contributed by atoms with E-state index < -0.39 is 11.9 Å². The highest BCUT2D eigenvalue weighted by Gasteiger charge is 2.15. The summed E-state index contributed by atoms with van der Waals surface area (Å²) in [5.74, 6) is 0.364. The second kappa shape index (κ2) is 5.70. The lowest BCUT2D eigenvalue weighted by Gasteiger charge is -2.14.